The molecule has 1 N–H and O–H groups in total. The Hall–Kier alpha value is -1.90. The number of halogens is 3. The molecule has 1 heterocycles. The van der Waals surface area contributed by atoms with Crippen molar-refractivity contribution in [2.75, 3.05) is 0 Å². The fraction of sp³-hybridized carbons (Fsp3) is 0.250. The maximum absolute atomic E-state index is 10.7. The number of hydrogen-bond donors (Lipinski definition) is 1. The van der Waals surface area contributed by atoms with E-state index in [9.17, 15) is 15.3 Å². The second kappa shape index (κ2) is 7.12. The fourth-order valence-electron chi connectivity index (χ4n) is 1.91. The summed E-state index contributed by atoms with van der Waals surface area (Å²) in [6.07, 6.45) is 2.68. The average Bonchev–Trinajstić information content (AvgIpc) is 3.01. The average molecular weight is 379 g/mol. The van der Waals surface area contributed by atoms with Crippen LogP contribution >= 0.6 is 34.8 Å². The summed E-state index contributed by atoms with van der Waals surface area (Å²) in [4.78, 5) is 13.9. The van der Waals surface area contributed by atoms with Crippen LogP contribution in [-0.2, 0) is 0 Å². The topological polar surface area (TPSA) is 106 Å². The van der Waals surface area contributed by atoms with Crippen molar-refractivity contribution >= 4 is 46.2 Å². The van der Waals surface area contributed by atoms with Gasteiger partial charge in [0.25, 0.3) is 5.69 Å². The summed E-state index contributed by atoms with van der Waals surface area (Å²) in [7, 11) is 0. The van der Waals surface area contributed by atoms with Gasteiger partial charge in [-0.1, -0.05) is 40.0 Å². The van der Waals surface area contributed by atoms with E-state index in [1.807, 2.05) is 0 Å². The Labute approximate surface area is 145 Å². The molecule has 2 rings (SSSR count). The monoisotopic (exact) mass is 377 g/mol. The van der Waals surface area contributed by atoms with Gasteiger partial charge in [0.05, 0.1) is 10.6 Å². The number of non-ortho nitro benzene ring substituents is 1. The number of nitro benzene ring substituents is 1. The van der Waals surface area contributed by atoms with Crippen molar-refractivity contribution in [1.82, 2.24) is 14.8 Å². The van der Waals surface area contributed by atoms with Crippen molar-refractivity contribution in [1.29, 1.82) is 0 Å². The zero-order valence-electron chi connectivity index (χ0n) is 11.4. The second-order valence-electron chi connectivity index (χ2n) is 4.49. The Morgan fingerprint density at radius 3 is 2.48 bits per heavy atom. The third-order valence-corrected chi connectivity index (χ3v) is 3.81. The molecule has 0 saturated carbocycles. The fourth-order valence-corrected chi connectivity index (χ4v) is 2.44. The van der Waals surface area contributed by atoms with Gasteiger partial charge in [-0.25, -0.2) is 9.67 Å². The first kappa shape index (κ1) is 17.5. The van der Waals surface area contributed by atoms with E-state index in [0.29, 0.717) is 5.56 Å². The maximum Gasteiger partial charge on any atom is 0.269 e. The number of nitro groups is 1. The Bertz CT molecular complexity index is 698. The van der Waals surface area contributed by atoms with Crippen LogP contribution in [-0.4, -0.2) is 34.4 Å². The van der Waals surface area contributed by atoms with Crippen LogP contribution in [0.5, 0.6) is 0 Å². The van der Waals surface area contributed by atoms with E-state index in [2.05, 4.69) is 15.2 Å². The first-order valence-electron chi connectivity index (χ1n) is 6.19. The van der Waals surface area contributed by atoms with Gasteiger partial charge in [0.15, 0.2) is 0 Å². The Morgan fingerprint density at radius 2 is 2.04 bits per heavy atom. The minimum atomic E-state index is -1.73. The number of alkyl halides is 3. The highest BCUT2D eigenvalue weighted by Gasteiger charge is 2.36. The largest absolute Gasteiger partial charge is 0.411 e. The molecule has 122 valence electrons. The molecule has 8 nitrogen and oxygen atoms in total. The molecule has 0 bridgehead atoms. The van der Waals surface area contributed by atoms with Gasteiger partial charge < -0.3 is 5.21 Å². The molecule has 0 aliphatic heterocycles. The highest BCUT2D eigenvalue weighted by atomic mass is 35.6. The Morgan fingerprint density at radius 1 is 1.39 bits per heavy atom. The van der Waals surface area contributed by atoms with E-state index >= 15 is 0 Å². The predicted octanol–water partition coefficient (Wildman–Crippen LogP) is 3.37. The highest BCUT2D eigenvalue weighted by molar-refractivity contribution is 6.68. The summed E-state index contributed by atoms with van der Waals surface area (Å²) in [5, 5.41) is 27.1. The summed E-state index contributed by atoms with van der Waals surface area (Å²) < 4.78 is -0.395. The van der Waals surface area contributed by atoms with E-state index < -0.39 is 14.8 Å². The highest BCUT2D eigenvalue weighted by Crippen LogP contribution is 2.40. The first-order chi connectivity index (χ1) is 10.8. The molecule has 0 amide bonds. The van der Waals surface area contributed by atoms with Crippen molar-refractivity contribution < 1.29 is 10.1 Å². The minimum absolute atomic E-state index is 0.0220. The van der Waals surface area contributed by atoms with Crippen LogP contribution in [0.25, 0.3) is 0 Å². The summed E-state index contributed by atoms with van der Waals surface area (Å²) in [5.74, 6) is 0. The van der Waals surface area contributed by atoms with E-state index in [1.54, 1.807) is 0 Å². The molecule has 0 radical (unpaired) electrons. The lowest BCUT2D eigenvalue weighted by Gasteiger charge is -2.24. The molecule has 1 unspecified atom stereocenters. The van der Waals surface area contributed by atoms with Crippen molar-refractivity contribution in [3.8, 4) is 0 Å². The molecule has 0 aliphatic carbocycles. The van der Waals surface area contributed by atoms with Crippen LogP contribution in [0, 0.1) is 10.1 Å². The smallest absolute Gasteiger partial charge is 0.269 e. The number of hydrogen-bond acceptors (Lipinski definition) is 6. The lowest BCUT2D eigenvalue weighted by molar-refractivity contribution is -0.384. The molecule has 0 saturated heterocycles. The van der Waals surface area contributed by atoms with Gasteiger partial charge in [-0.05, 0) is 17.7 Å². The summed E-state index contributed by atoms with van der Waals surface area (Å²) in [6, 6.07) is 4.70. The van der Waals surface area contributed by atoms with Crippen molar-refractivity contribution in [2.45, 2.75) is 16.3 Å². The van der Waals surface area contributed by atoms with E-state index in [1.165, 1.54) is 41.6 Å². The molecular formula is C12H10Cl3N5O3. The van der Waals surface area contributed by atoms with E-state index in [-0.39, 0.29) is 17.8 Å². The Balaban J connectivity index is 2.28. The molecule has 1 aromatic heterocycles. The zero-order chi connectivity index (χ0) is 17.0. The van der Waals surface area contributed by atoms with Crippen LogP contribution in [0.2, 0.25) is 0 Å². The molecule has 0 aliphatic rings. The van der Waals surface area contributed by atoms with Gasteiger partial charge in [-0.3, -0.25) is 10.1 Å². The first-order valence-corrected chi connectivity index (χ1v) is 7.33. The normalized spacial score (nSPS) is 13.8. The number of aromatic nitrogens is 3. The summed E-state index contributed by atoms with van der Waals surface area (Å²) >= 11 is 17.9. The number of benzene rings is 1. The van der Waals surface area contributed by atoms with Crippen molar-refractivity contribution in [2.24, 2.45) is 5.16 Å². The molecule has 2 aromatic rings. The van der Waals surface area contributed by atoms with Gasteiger partial charge in [0, 0.05) is 18.6 Å². The quantitative estimate of drug-likeness (QED) is 0.282. The van der Waals surface area contributed by atoms with Gasteiger partial charge in [-0.15, -0.1) is 0 Å². The van der Waals surface area contributed by atoms with Crippen LogP contribution in [0.4, 0.5) is 5.69 Å². The standard InChI is InChI=1S/C12H10Cl3N5O3/c13-12(14,15)11(19-7-16-6-17-19)5-10(18-21)8-1-3-9(4-2-8)20(22)23/h1-4,6-7,11,21H,5H2. The molecule has 0 spiro atoms. The van der Waals surface area contributed by atoms with Gasteiger partial charge in [-0.2, -0.15) is 5.10 Å². The van der Waals surface area contributed by atoms with Gasteiger partial charge >= 0.3 is 0 Å². The second-order valence-corrected chi connectivity index (χ2v) is 6.86. The van der Waals surface area contributed by atoms with Crippen LogP contribution in [0.15, 0.2) is 42.1 Å². The molecule has 23 heavy (non-hydrogen) atoms. The number of rotatable bonds is 5. The predicted molar refractivity (Wildman–Crippen MR) is 85.4 cm³/mol. The van der Waals surface area contributed by atoms with Crippen LogP contribution < -0.4 is 0 Å². The number of nitrogens with zero attached hydrogens (tertiary/aromatic N) is 5. The third kappa shape index (κ3) is 4.31. The lowest BCUT2D eigenvalue weighted by atomic mass is 10.0. The maximum atomic E-state index is 10.7. The molecule has 0 fully saturated rings. The SMILES string of the molecule is O=[N+]([O-])c1ccc(C(CC(n2cncn2)C(Cl)(Cl)Cl)=NO)cc1. The summed E-state index contributed by atoms with van der Waals surface area (Å²) in [6.45, 7) is 0. The Kier molecular flexibility index (Phi) is 5.40. The van der Waals surface area contributed by atoms with Gasteiger partial charge in [0.1, 0.15) is 18.7 Å². The van der Waals surface area contributed by atoms with Gasteiger partial charge in [0.2, 0.25) is 3.79 Å². The summed E-state index contributed by atoms with van der Waals surface area (Å²) in [5.41, 5.74) is 0.560. The van der Waals surface area contributed by atoms with Crippen LogP contribution in [0.1, 0.15) is 18.0 Å². The van der Waals surface area contributed by atoms with Crippen molar-refractivity contribution in [3.63, 3.8) is 0 Å². The lowest BCUT2D eigenvalue weighted by Crippen LogP contribution is -2.27. The zero-order valence-corrected chi connectivity index (χ0v) is 13.7. The minimum Gasteiger partial charge on any atom is -0.411 e. The third-order valence-electron chi connectivity index (χ3n) is 3.05. The molecular weight excluding hydrogens is 369 g/mol. The van der Waals surface area contributed by atoms with E-state index in [4.69, 9.17) is 34.8 Å². The van der Waals surface area contributed by atoms with Crippen LogP contribution in [0.3, 0.4) is 0 Å². The number of oxime groups is 1. The molecule has 1 atom stereocenters. The molecule has 1 aromatic carbocycles. The van der Waals surface area contributed by atoms with Crippen molar-refractivity contribution in [3.05, 3.63) is 52.6 Å². The molecule has 11 heteroatoms. The van der Waals surface area contributed by atoms with E-state index in [0.717, 1.165) is 0 Å².